The van der Waals surface area contributed by atoms with Crippen molar-refractivity contribution in [3.8, 4) is 0 Å². The molecule has 0 aromatic heterocycles. The summed E-state index contributed by atoms with van der Waals surface area (Å²) in [5.74, 6) is 0. The number of carbonyl (C=O) groups is 1. The van der Waals surface area contributed by atoms with Gasteiger partial charge in [-0.1, -0.05) is 37.6 Å². The molecule has 4 heteroatoms. The Labute approximate surface area is 134 Å². The summed E-state index contributed by atoms with van der Waals surface area (Å²) in [7, 11) is 0. The number of primary amides is 1. The number of benzene rings is 1. The highest BCUT2D eigenvalue weighted by molar-refractivity contribution is 5.73. The van der Waals surface area contributed by atoms with Crippen LogP contribution in [-0.4, -0.2) is 42.0 Å². The van der Waals surface area contributed by atoms with E-state index in [-0.39, 0.29) is 11.6 Å². The third-order valence-electron chi connectivity index (χ3n) is 4.69. The van der Waals surface area contributed by atoms with Crippen molar-refractivity contribution < 1.29 is 4.79 Å². The smallest absolute Gasteiger partial charge is 0.314 e. The summed E-state index contributed by atoms with van der Waals surface area (Å²) in [5.41, 5.74) is 9.33. The molecule has 0 unspecified atom stereocenters. The maximum atomic E-state index is 11.5. The van der Waals surface area contributed by atoms with Crippen LogP contribution in [0.5, 0.6) is 0 Å². The Morgan fingerprint density at radius 3 is 2.27 bits per heavy atom. The minimum atomic E-state index is -0.312. The Morgan fingerprint density at radius 1 is 1.23 bits per heavy atom. The number of aryl methyl sites for hydroxylation is 2. The first-order valence-electron chi connectivity index (χ1n) is 8.31. The fraction of sp³-hybridized carbons (Fsp3) is 0.611. The van der Waals surface area contributed by atoms with Gasteiger partial charge >= 0.3 is 6.03 Å². The number of nitrogens with two attached hydrogens (primary N) is 1. The summed E-state index contributed by atoms with van der Waals surface area (Å²) in [5, 5.41) is 0. The molecular weight excluding hydrogens is 274 g/mol. The first-order chi connectivity index (χ1) is 10.4. The Hall–Kier alpha value is -1.55. The fourth-order valence-electron chi connectivity index (χ4n) is 3.70. The van der Waals surface area contributed by atoms with E-state index in [1.807, 2.05) is 0 Å². The molecule has 2 N–H and O–H groups in total. The van der Waals surface area contributed by atoms with Gasteiger partial charge in [0.15, 0.2) is 0 Å². The molecule has 1 fully saturated rings. The SMILES string of the molecule is CCCN(CCC)C1(c2ccc(C)cc2C)CN(C(N)=O)C1. The number of hydrogen-bond donors (Lipinski definition) is 1. The zero-order valence-corrected chi connectivity index (χ0v) is 14.4. The van der Waals surface area contributed by atoms with E-state index < -0.39 is 0 Å². The Bertz CT molecular complexity index is 529. The lowest BCUT2D eigenvalue weighted by Crippen LogP contribution is -2.70. The first kappa shape index (κ1) is 16.8. The standard InChI is InChI=1S/C18H29N3O/c1-5-9-21(10-6-2)18(12-20(13-18)17(19)22)16-8-7-14(3)11-15(16)4/h7-8,11H,5-6,9-10,12-13H2,1-4H3,(H2,19,22). The molecule has 0 atom stereocenters. The summed E-state index contributed by atoms with van der Waals surface area (Å²) in [6.45, 7) is 12.2. The number of nitrogens with zero attached hydrogens (tertiary/aromatic N) is 2. The van der Waals surface area contributed by atoms with Gasteiger partial charge in [-0.25, -0.2) is 4.79 Å². The average molecular weight is 303 g/mol. The molecule has 2 rings (SSSR count). The molecule has 1 aromatic rings. The molecule has 1 saturated heterocycles. The molecular formula is C18H29N3O. The lowest BCUT2D eigenvalue weighted by atomic mass is 9.78. The van der Waals surface area contributed by atoms with E-state index in [4.69, 9.17) is 5.73 Å². The molecule has 2 amide bonds. The second-order valence-electron chi connectivity index (χ2n) is 6.53. The summed E-state index contributed by atoms with van der Waals surface area (Å²) in [4.78, 5) is 15.8. The van der Waals surface area contributed by atoms with Crippen LogP contribution >= 0.6 is 0 Å². The molecule has 1 aliphatic rings. The van der Waals surface area contributed by atoms with Gasteiger partial charge in [0.2, 0.25) is 0 Å². The van der Waals surface area contributed by atoms with Crippen molar-refractivity contribution in [2.75, 3.05) is 26.2 Å². The van der Waals surface area contributed by atoms with Crippen molar-refractivity contribution in [2.24, 2.45) is 5.73 Å². The molecule has 122 valence electrons. The van der Waals surface area contributed by atoms with E-state index in [1.165, 1.54) is 16.7 Å². The van der Waals surface area contributed by atoms with Crippen LogP contribution in [0.25, 0.3) is 0 Å². The molecule has 0 saturated carbocycles. The Morgan fingerprint density at radius 2 is 1.82 bits per heavy atom. The highest BCUT2D eigenvalue weighted by Gasteiger charge is 2.50. The van der Waals surface area contributed by atoms with E-state index in [9.17, 15) is 4.79 Å². The lowest BCUT2D eigenvalue weighted by Gasteiger charge is -2.56. The van der Waals surface area contributed by atoms with Gasteiger partial charge in [0, 0.05) is 13.1 Å². The largest absolute Gasteiger partial charge is 0.351 e. The van der Waals surface area contributed by atoms with Crippen molar-refractivity contribution in [3.05, 3.63) is 34.9 Å². The van der Waals surface area contributed by atoms with Crippen molar-refractivity contribution in [2.45, 2.75) is 46.1 Å². The van der Waals surface area contributed by atoms with Gasteiger partial charge in [0.1, 0.15) is 0 Å². The van der Waals surface area contributed by atoms with Gasteiger partial charge in [-0.15, -0.1) is 0 Å². The van der Waals surface area contributed by atoms with Crippen LogP contribution in [0.2, 0.25) is 0 Å². The van der Waals surface area contributed by atoms with Crippen molar-refractivity contribution in [1.82, 2.24) is 9.80 Å². The number of hydrogen-bond acceptors (Lipinski definition) is 2. The Kier molecular flexibility index (Phi) is 5.12. The van der Waals surface area contributed by atoms with Gasteiger partial charge in [-0.3, -0.25) is 4.90 Å². The molecule has 0 aliphatic carbocycles. The predicted molar refractivity (Wildman–Crippen MR) is 90.9 cm³/mol. The number of amides is 2. The molecule has 1 aliphatic heterocycles. The van der Waals surface area contributed by atoms with Gasteiger partial charge in [0.05, 0.1) is 5.54 Å². The van der Waals surface area contributed by atoms with Crippen LogP contribution in [-0.2, 0) is 5.54 Å². The summed E-state index contributed by atoms with van der Waals surface area (Å²) in [6, 6.07) is 6.34. The van der Waals surface area contributed by atoms with Crippen LogP contribution in [0.3, 0.4) is 0 Å². The summed E-state index contributed by atoms with van der Waals surface area (Å²) < 4.78 is 0. The van der Waals surface area contributed by atoms with E-state index in [1.54, 1.807) is 4.90 Å². The van der Waals surface area contributed by atoms with Gasteiger partial charge < -0.3 is 10.6 Å². The minimum Gasteiger partial charge on any atom is -0.351 e. The third-order valence-corrected chi connectivity index (χ3v) is 4.69. The molecule has 0 radical (unpaired) electrons. The maximum absolute atomic E-state index is 11.5. The molecule has 1 heterocycles. The second-order valence-corrected chi connectivity index (χ2v) is 6.53. The van der Waals surface area contributed by atoms with Crippen LogP contribution in [0.4, 0.5) is 4.79 Å². The second kappa shape index (κ2) is 6.69. The van der Waals surface area contributed by atoms with Crippen LogP contribution in [0.1, 0.15) is 43.4 Å². The van der Waals surface area contributed by atoms with E-state index in [2.05, 4.69) is 50.8 Å². The van der Waals surface area contributed by atoms with E-state index >= 15 is 0 Å². The third kappa shape index (κ3) is 2.98. The fourth-order valence-corrected chi connectivity index (χ4v) is 3.70. The van der Waals surface area contributed by atoms with Gasteiger partial charge in [0.25, 0.3) is 0 Å². The van der Waals surface area contributed by atoms with Crippen LogP contribution in [0.15, 0.2) is 18.2 Å². The molecule has 0 spiro atoms. The topological polar surface area (TPSA) is 49.6 Å². The van der Waals surface area contributed by atoms with Gasteiger partial charge in [-0.05, 0) is 50.9 Å². The normalized spacial score (nSPS) is 16.7. The first-order valence-corrected chi connectivity index (χ1v) is 8.31. The van der Waals surface area contributed by atoms with Crippen molar-refractivity contribution in [3.63, 3.8) is 0 Å². The summed E-state index contributed by atoms with van der Waals surface area (Å²) in [6.07, 6.45) is 2.23. The van der Waals surface area contributed by atoms with Crippen LogP contribution < -0.4 is 5.73 Å². The molecule has 22 heavy (non-hydrogen) atoms. The Balaban J connectivity index is 2.40. The number of carbonyl (C=O) groups excluding carboxylic acids is 1. The number of likely N-dealkylation sites (tertiary alicyclic amines) is 1. The van der Waals surface area contributed by atoms with Crippen LogP contribution in [0, 0.1) is 13.8 Å². The lowest BCUT2D eigenvalue weighted by molar-refractivity contribution is -0.0362. The number of urea groups is 1. The van der Waals surface area contributed by atoms with Gasteiger partial charge in [-0.2, -0.15) is 0 Å². The van der Waals surface area contributed by atoms with Crippen molar-refractivity contribution >= 4 is 6.03 Å². The van der Waals surface area contributed by atoms with E-state index in [0.717, 1.165) is 25.9 Å². The highest BCUT2D eigenvalue weighted by atomic mass is 16.2. The summed E-state index contributed by atoms with van der Waals surface area (Å²) >= 11 is 0. The highest BCUT2D eigenvalue weighted by Crippen LogP contribution is 2.40. The van der Waals surface area contributed by atoms with Crippen molar-refractivity contribution in [1.29, 1.82) is 0 Å². The monoisotopic (exact) mass is 303 g/mol. The average Bonchev–Trinajstić information content (AvgIpc) is 2.39. The quantitative estimate of drug-likeness (QED) is 0.878. The molecule has 4 nitrogen and oxygen atoms in total. The zero-order chi connectivity index (χ0) is 16.3. The molecule has 0 bridgehead atoms. The van der Waals surface area contributed by atoms with E-state index in [0.29, 0.717) is 13.1 Å². The molecule has 1 aromatic carbocycles. The maximum Gasteiger partial charge on any atom is 0.314 e. The minimum absolute atomic E-state index is 0.0706. The predicted octanol–water partition coefficient (Wildman–Crippen LogP) is 3.02. The zero-order valence-electron chi connectivity index (χ0n) is 14.4. The number of rotatable bonds is 6.